The summed E-state index contributed by atoms with van der Waals surface area (Å²) in [5.74, 6) is 0.0799. The van der Waals surface area contributed by atoms with Gasteiger partial charge in [-0.1, -0.05) is 31.2 Å². The van der Waals surface area contributed by atoms with E-state index in [1.54, 1.807) is 4.90 Å². The second kappa shape index (κ2) is 3.58. The predicted octanol–water partition coefficient (Wildman–Crippen LogP) is 1.81. The van der Waals surface area contributed by atoms with Gasteiger partial charge in [-0.2, -0.15) is 0 Å². The molecule has 4 nitrogen and oxygen atoms in total. The van der Waals surface area contributed by atoms with Crippen molar-refractivity contribution >= 4 is 11.9 Å². The molecule has 1 aliphatic carbocycles. The van der Waals surface area contributed by atoms with Crippen LogP contribution in [0.4, 0.5) is 4.79 Å². The Morgan fingerprint density at radius 2 is 2.06 bits per heavy atom. The SMILES string of the molecule is C[C@@H]1c2ccccc2C(=O)[C@H]1N1CCOC1=O. The molecule has 0 unspecified atom stereocenters. The molecule has 1 aromatic rings. The molecular formula is C13H13NO3. The number of hydrogen-bond acceptors (Lipinski definition) is 3. The minimum Gasteiger partial charge on any atom is -0.448 e. The molecule has 0 N–H and O–H groups in total. The van der Waals surface area contributed by atoms with E-state index < -0.39 is 0 Å². The van der Waals surface area contributed by atoms with Gasteiger partial charge in [0.2, 0.25) is 0 Å². The van der Waals surface area contributed by atoms with Gasteiger partial charge in [0.1, 0.15) is 12.6 Å². The molecule has 1 amide bonds. The first-order chi connectivity index (χ1) is 8.20. The van der Waals surface area contributed by atoms with E-state index in [2.05, 4.69) is 0 Å². The van der Waals surface area contributed by atoms with Gasteiger partial charge < -0.3 is 4.74 Å². The summed E-state index contributed by atoms with van der Waals surface area (Å²) in [5, 5.41) is 0. The van der Waals surface area contributed by atoms with E-state index in [0.29, 0.717) is 13.2 Å². The van der Waals surface area contributed by atoms with Gasteiger partial charge in [0.25, 0.3) is 0 Å². The number of Topliss-reactive ketones (excluding diaryl/α,β-unsaturated/α-hetero) is 1. The summed E-state index contributed by atoms with van der Waals surface area (Å²) in [6.07, 6.45) is -0.372. The molecule has 1 fully saturated rings. The highest BCUT2D eigenvalue weighted by molar-refractivity contribution is 6.06. The molecule has 2 atom stereocenters. The van der Waals surface area contributed by atoms with Gasteiger partial charge in [0, 0.05) is 11.5 Å². The van der Waals surface area contributed by atoms with Crippen molar-refractivity contribution in [2.24, 2.45) is 0 Å². The molecule has 0 radical (unpaired) electrons. The number of carbonyl (C=O) groups excluding carboxylic acids is 2. The Balaban J connectivity index is 2.00. The largest absolute Gasteiger partial charge is 0.448 e. The lowest BCUT2D eigenvalue weighted by molar-refractivity contribution is 0.0856. The van der Waals surface area contributed by atoms with Gasteiger partial charge in [-0.05, 0) is 5.56 Å². The number of carbonyl (C=O) groups is 2. The molecule has 0 aromatic heterocycles. The fourth-order valence-corrected chi connectivity index (χ4v) is 2.74. The van der Waals surface area contributed by atoms with Gasteiger partial charge in [-0.3, -0.25) is 9.69 Å². The number of ether oxygens (including phenoxy) is 1. The van der Waals surface area contributed by atoms with E-state index in [1.807, 2.05) is 31.2 Å². The maximum Gasteiger partial charge on any atom is 0.410 e. The highest BCUT2D eigenvalue weighted by atomic mass is 16.6. The quantitative estimate of drug-likeness (QED) is 0.740. The summed E-state index contributed by atoms with van der Waals surface area (Å²) < 4.78 is 4.91. The second-order valence-corrected chi connectivity index (χ2v) is 4.49. The van der Waals surface area contributed by atoms with Crippen LogP contribution in [0.5, 0.6) is 0 Å². The average Bonchev–Trinajstić information content (AvgIpc) is 2.84. The summed E-state index contributed by atoms with van der Waals surface area (Å²) in [6, 6.07) is 7.18. The second-order valence-electron chi connectivity index (χ2n) is 4.49. The van der Waals surface area contributed by atoms with Gasteiger partial charge in [-0.15, -0.1) is 0 Å². The van der Waals surface area contributed by atoms with Crippen molar-refractivity contribution in [3.05, 3.63) is 35.4 Å². The molecule has 4 heteroatoms. The number of rotatable bonds is 1. The van der Waals surface area contributed by atoms with Crippen LogP contribution in [0.15, 0.2) is 24.3 Å². The lowest BCUT2D eigenvalue weighted by atomic mass is 10.00. The number of fused-ring (bicyclic) bond motifs is 1. The van der Waals surface area contributed by atoms with Gasteiger partial charge in [0.05, 0.1) is 6.54 Å². The zero-order valence-electron chi connectivity index (χ0n) is 9.55. The summed E-state index contributed by atoms with van der Waals surface area (Å²) >= 11 is 0. The maximum atomic E-state index is 12.3. The number of ketones is 1. The van der Waals surface area contributed by atoms with Crippen LogP contribution in [-0.4, -0.2) is 36.0 Å². The molecule has 0 bridgehead atoms. The van der Waals surface area contributed by atoms with E-state index in [9.17, 15) is 9.59 Å². The third kappa shape index (κ3) is 1.37. The Labute approximate surface area is 99.2 Å². The van der Waals surface area contributed by atoms with Crippen LogP contribution in [0.25, 0.3) is 0 Å². The molecule has 0 spiro atoms. The number of amides is 1. The molecule has 3 rings (SSSR count). The molecule has 88 valence electrons. The Morgan fingerprint density at radius 1 is 1.29 bits per heavy atom. The average molecular weight is 231 g/mol. The molecule has 1 saturated heterocycles. The standard InChI is InChI=1S/C13H13NO3/c1-8-9-4-2-3-5-10(9)12(15)11(8)14-6-7-17-13(14)16/h2-5,8,11H,6-7H2,1H3/t8-,11+/m1/s1. The normalized spacial score (nSPS) is 27.2. The fourth-order valence-electron chi connectivity index (χ4n) is 2.74. The number of benzene rings is 1. The molecule has 1 heterocycles. The van der Waals surface area contributed by atoms with Crippen molar-refractivity contribution in [3.63, 3.8) is 0 Å². The van der Waals surface area contributed by atoms with Crippen LogP contribution in [0.3, 0.4) is 0 Å². The van der Waals surface area contributed by atoms with Crippen molar-refractivity contribution < 1.29 is 14.3 Å². The van der Waals surface area contributed by atoms with Crippen molar-refractivity contribution in [1.82, 2.24) is 4.90 Å². The molecule has 1 aliphatic heterocycles. The topological polar surface area (TPSA) is 46.6 Å². The number of hydrogen-bond donors (Lipinski definition) is 0. The first kappa shape index (κ1) is 10.3. The minimum atomic E-state index is -0.387. The van der Waals surface area contributed by atoms with E-state index >= 15 is 0 Å². The van der Waals surface area contributed by atoms with Crippen LogP contribution in [0, 0.1) is 0 Å². The third-order valence-corrected chi connectivity index (χ3v) is 3.59. The Kier molecular flexibility index (Phi) is 2.18. The van der Waals surface area contributed by atoms with Crippen LogP contribution in [0.2, 0.25) is 0 Å². The lowest BCUT2D eigenvalue weighted by Crippen LogP contribution is -2.41. The van der Waals surface area contributed by atoms with Crippen molar-refractivity contribution in [2.75, 3.05) is 13.2 Å². The highest BCUT2D eigenvalue weighted by Gasteiger charge is 2.44. The Morgan fingerprint density at radius 3 is 2.71 bits per heavy atom. The summed E-state index contributed by atoms with van der Waals surface area (Å²) in [7, 11) is 0. The first-order valence-corrected chi connectivity index (χ1v) is 5.76. The molecule has 2 aliphatic rings. The highest BCUT2D eigenvalue weighted by Crippen LogP contribution is 2.36. The molecule has 1 aromatic carbocycles. The van der Waals surface area contributed by atoms with Gasteiger partial charge in [0.15, 0.2) is 5.78 Å². The van der Waals surface area contributed by atoms with E-state index in [0.717, 1.165) is 11.1 Å². The van der Waals surface area contributed by atoms with E-state index in [-0.39, 0.29) is 23.8 Å². The monoisotopic (exact) mass is 231 g/mol. The zero-order valence-corrected chi connectivity index (χ0v) is 9.55. The predicted molar refractivity (Wildman–Crippen MR) is 61.0 cm³/mol. The minimum absolute atomic E-state index is 0.0342. The van der Waals surface area contributed by atoms with E-state index in [4.69, 9.17) is 4.74 Å². The van der Waals surface area contributed by atoms with Crippen molar-refractivity contribution in [2.45, 2.75) is 18.9 Å². The summed E-state index contributed by atoms with van der Waals surface area (Å²) in [6.45, 7) is 2.87. The Hall–Kier alpha value is -1.84. The van der Waals surface area contributed by atoms with Crippen LogP contribution >= 0.6 is 0 Å². The van der Waals surface area contributed by atoms with Crippen molar-refractivity contribution in [3.8, 4) is 0 Å². The Bertz CT molecular complexity index is 497. The van der Waals surface area contributed by atoms with Crippen LogP contribution in [-0.2, 0) is 4.74 Å². The first-order valence-electron chi connectivity index (χ1n) is 5.76. The summed E-state index contributed by atoms with van der Waals surface area (Å²) in [4.78, 5) is 25.4. The van der Waals surface area contributed by atoms with Crippen molar-refractivity contribution in [1.29, 1.82) is 0 Å². The molecular weight excluding hydrogens is 218 g/mol. The van der Waals surface area contributed by atoms with Crippen LogP contribution in [0.1, 0.15) is 28.8 Å². The number of cyclic esters (lactones) is 1. The third-order valence-electron chi connectivity index (χ3n) is 3.59. The zero-order chi connectivity index (χ0) is 12.0. The smallest absolute Gasteiger partial charge is 0.410 e. The summed E-state index contributed by atoms with van der Waals surface area (Å²) in [5.41, 5.74) is 1.77. The molecule has 17 heavy (non-hydrogen) atoms. The van der Waals surface area contributed by atoms with Gasteiger partial charge >= 0.3 is 6.09 Å². The molecule has 0 saturated carbocycles. The number of nitrogens with zero attached hydrogens (tertiary/aromatic N) is 1. The maximum absolute atomic E-state index is 12.3. The van der Waals surface area contributed by atoms with Crippen LogP contribution < -0.4 is 0 Å². The lowest BCUT2D eigenvalue weighted by Gasteiger charge is -2.23. The fraction of sp³-hybridized carbons (Fsp3) is 0.385. The van der Waals surface area contributed by atoms with E-state index in [1.165, 1.54) is 0 Å². The van der Waals surface area contributed by atoms with Gasteiger partial charge in [-0.25, -0.2) is 4.79 Å².